The fourth-order valence-corrected chi connectivity index (χ4v) is 2.96. The first-order valence-electron chi connectivity index (χ1n) is 7.27. The zero-order valence-corrected chi connectivity index (χ0v) is 12.3. The molecule has 1 fully saturated rings. The molecule has 6 heteroatoms. The lowest BCUT2D eigenvalue weighted by molar-refractivity contribution is 0.0705. The molecule has 1 aliphatic rings. The molecular weight excluding hydrogens is 288 g/mol. The summed E-state index contributed by atoms with van der Waals surface area (Å²) in [5.41, 5.74) is 0.867. The number of hydrogen-bond donors (Lipinski definition) is 0. The van der Waals surface area contributed by atoms with Crippen LogP contribution in [0.5, 0.6) is 0 Å². The molecule has 0 radical (unpaired) electrons. The minimum atomic E-state index is -0.452. The lowest BCUT2D eigenvalue weighted by atomic mass is 9.90. The van der Waals surface area contributed by atoms with Gasteiger partial charge in [-0.3, -0.25) is 9.48 Å². The van der Waals surface area contributed by atoms with Crippen molar-refractivity contribution in [2.45, 2.75) is 18.8 Å². The third-order valence-electron chi connectivity index (χ3n) is 4.06. The smallest absolute Gasteiger partial charge is 0.257 e. The molecule has 0 saturated carbocycles. The van der Waals surface area contributed by atoms with Gasteiger partial charge in [0.2, 0.25) is 0 Å². The lowest BCUT2D eigenvalue weighted by Gasteiger charge is -2.33. The van der Waals surface area contributed by atoms with Crippen molar-refractivity contribution in [1.29, 1.82) is 0 Å². The number of rotatable bonds is 2. The van der Waals surface area contributed by atoms with Gasteiger partial charge in [-0.05, 0) is 36.6 Å². The average Bonchev–Trinajstić information content (AvgIpc) is 2.95. The number of benzene rings is 1. The molecule has 1 atom stereocenters. The van der Waals surface area contributed by atoms with E-state index in [0.29, 0.717) is 24.2 Å². The highest BCUT2D eigenvalue weighted by molar-refractivity contribution is 5.93. The Morgan fingerprint density at radius 2 is 2.18 bits per heavy atom. The fourth-order valence-electron chi connectivity index (χ4n) is 2.96. The Labute approximate surface area is 127 Å². The summed E-state index contributed by atoms with van der Waals surface area (Å²) in [6.45, 7) is 1.02. The SMILES string of the molecule is Cn1cc(C(=O)N2CCC[C@@H](c3cc(F)ccc3F)C2)cn1. The number of likely N-dealkylation sites (tertiary alicyclic amines) is 1. The summed E-state index contributed by atoms with van der Waals surface area (Å²) >= 11 is 0. The van der Waals surface area contributed by atoms with Gasteiger partial charge in [0.15, 0.2) is 0 Å². The molecule has 0 bridgehead atoms. The maximum absolute atomic E-state index is 13.9. The largest absolute Gasteiger partial charge is 0.338 e. The highest BCUT2D eigenvalue weighted by Crippen LogP contribution is 2.29. The highest BCUT2D eigenvalue weighted by Gasteiger charge is 2.27. The van der Waals surface area contributed by atoms with Gasteiger partial charge in [0.1, 0.15) is 11.6 Å². The van der Waals surface area contributed by atoms with Gasteiger partial charge in [-0.2, -0.15) is 5.10 Å². The molecule has 0 unspecified atom stereocenters. The highest BCUT2D eigenvalue weighted by atomic mass is 19.1. The van der Waals surface area contributed by atoms with Crippen molar-refractivity contribution in [3.63, 3.8) is 0 Å². The van der Waals surface area contributed by atoms with E-state index < -0.39 is 11.6 Å². The van der Waals surface area contributed by atoms with E-state index in [1.807, 2.05) is 0 Å². The minimum Gasteiger partial charge on any atom is -0.338 e. The summed E-state index contributed by atoms with van der Waals surface area (Å²) in [6, 6.07) is 3.49. The van der Waals surface area contributed by atoms with Crippen molar-refractivity contribution in [3.8, 4) is 0 Å². The van der Waals surface area contributed by atoms with E-state index in [1.165, 1.54) is 12.3 Å². The third kappa shape index (κ3) is 2.86. The first kappa shape index (κ1) is 14.7. The second kappa shape index (κ2) is 5.87. The summed E-state index contributed by atoms with van der Waals surface area (Å²) < 4.78 is 28.9. The topological polar surface area (TPSA) is 38.1 Å². The molecule has 1 aromatic carbocycles. The molecule has 1 aliphatic heterocycles. The summed E-state index contributed by atoms with van der Waals surface area (Å²) in [5.74, 6) is -1.16. The zero-order valence-electron chi connectivity index (χ0n) is 12.3. The first-order chi connectivity index (χ1) is 10.5. The third-order valence-corrected chi connectivity index (χ3v) is 4.06. The Hall–Kier alpha value is -2.24. The Balaban J connectivity index is 1.79. The number of aromatic nitrogens is 2. The van der Waals surface area contributed by atoms with Crippen molar-refractivity contribution in [3.05, 3.63) is 53.4 Å². The van der Waals surface area contributed by atoms with Gasteiger partial charge >= 0.3 is 0 Å². The van der Waals surface area contributed by atoms with Gasteiger partial charge < -0.3 is 4.90 Å². The fraction of sp³-hybridized carbons (Fsp3) is 0.375. The maximum atomic E-state index is 13.9. The van der Waals surface area contributed by atoms with Crippen LogP contribution >= 0.6 is 0 Å². The van der Waals surface area contributed by atoms with Crippen LogP contribution in [-0.4, -0.2) is 33.7 Å². The standard InChI is InChI=1S/C16H17F2N3O/c1-20-9-12(8-19-20)16(22)21-6-2-3-11(10-21)14-7-13(17)4-5-15(14)18/h4-5,7-9,11H,2-3,6,10H2,1H3/t11-/m1/s1. The number of carbonyl (C=O) groups excluding carboxylic acids is 1. The van der Waals surface area contributed by atoms with Gasteiger partial charge in [0.25, 0.3) is 5.91 Å². The van der Waals surface area contributed by atoms with Crippen LogP contribution in [0.2, 0.25) is 0 Å². The van der Waals surface area contributed by atoms with E-state index in [4.69, 9.17) is 0 Å². The summed E-state index contributed by atoms with van der Waals surface area (Å²) in [6.07, 6.45) is 4.70. The molecule has 1 amide bonds. The molecule has 2 heterocycles. The molecule has 1 aromatic heterocycles. The summed E-state index contributed by atoms with van der Waals surface area (Å²) in [4.78, 5) is 14.1. The van der Waals surface area contributed by atoms with Crippen LogP contribution in [-0.2, 0) is 7.05 Å². The van der Waals surface area contributed by atoms with Crippen LogP contribution in [0.3, 0.4) is 0 Å². The molecule has 116 valence electrons. The van der Waals surface area contributed by atoms with Crippen LogP contribution in [0, 0.1) is 11.6 Å². The van der Waals surface area contributed by atoms with Crippen LogP contribution in [0.1, 0.15) is 34.7 Å². The van der Waals surface area contributed by atoms with Crippen molar-refractivity contribution < 1.29 is 13.6 Å². The van der Waals surface area contributed by atoms with Crippen LogP contribution in [0.15, 0.2) is 30.6 Å². The summed E-state index contributed by atoms with van der Waals surface area (Å²) in [5, 5.41) is 4.00. The van der Waals surface area contributed by atoms with Crippen LogP contribution in [0.25, 0.3) is 0 Å². The number of carbonyl (C=O) groups is 1. The quantitative estimate of drug-likeness (QED) is 0.855. The maximum Gasteiger partial charge on any atom is 0.257 e. The lowest BCUT2D eigenvalue weighted by Crippen LogP contribution is -2.39. The molecular formula is C16H17F2N3O. The Bertz CT molecular complexity index is 698. The Morgan fingerprint density at radius 3 is 2.91 bits per heavy atom. The van der Waals surface area contributed by atoms with Gasteiger partial charge in [0.05, 0.1) is 11.8 Å². The number of nitrogens with zero attached hydrogens (tertiary/aromatic N) is 3. The predicted octanol–water partition coefficient (Wildman–Crippen LogP) is 2.72. The van der Waals surface area contributed by atoms with Crippen molar-refractivity contribution in [2.24, 2.45) is 7.05 Å². The van der Waals surface area contributed by atoms with E-state index in [0.717, 1.165) is 25.0 Å². The molecule has 0 N–H and O–H groups in total. The number of hydrogen-bond acceptors (Lipinski definition) is 2. The number of amides is 1. The number of piperidine rings is 1. The number of halogens is 2. The van der Waals surface area contributed by atoms with Gasteiger partial charge in [-0.1, -0.05) is 0 Å². The molecule has 0 spiro atoms. The Kier molecular flexibility index (Phi) is 3.92. The van der Waals surface area contributed by atoms with Crippen molar-refractivity contribution in [2.75, 3.05) is 13.1 Å². The Morgan fingerprint density at radius 1 is 1.36 bits per heavy atom. The molecule has 3 rings (SSSR count). The first-order valence-corrected chi connectivity index (χ1v) is 7.27. The minimum absolute atomic E-state index is 0.116. The normalized spacial score (nSPS) is 18.5. The molecule has 1 saturated heterocycles. The van der Waals surface area contributed by atoms with Crippen LogP contribution < -0.4 is 0 Å². The number of aryl methyl sites for hydroxylation is 1. The van der Waals surface area contributed by atoms with Crippen LogP contribution in [0.4, 0.5) is 8.78 Å². The zero-order chi connectivity index (χ0) is 15.7. The van der Waals surface area contributed by atoms with Gasteiger partial charge in [-0.15, -0.1) is 0 Å². The second-order valence-electron chi connectivity index (χ2n) is 5.66. The predicted molar refractivity (Wildman–Crippen MR) is 77.4 cm³/mol. The van der Waals surface area contributed by atoms with E-state index in [1.54, 1.807) is 22.8 Å². The van der Waals surface area contributed by atoms with Gasteiger partial charge in [-0.25, -0.2) is 8.78 Å². The monoisotopic (exact) mass is 305 g/mol. The average molecular weight is 305 g/mol. The van der Waals surface area contributed by atoms with Gasteiger partial charge in [0, 0.05) is 32.3 Å². The molecule has 4 nitrogen and oxygen atoms in total. The van der Waals surface area contributed by atoms with Crippen molar-refractivity contribution in [1.82, 2.24) is 14.7 Å². The van der Waals surface area contributed by atoms with Crippen molar-refractivity contribution >= 4 is 5.91 Å². The summed E-state index contributed by atoms with van der Waals surface area (Å²) in [7, 11) is 1.75. The molecule has 2 aromatic rings. The molecule has 0 aliphatic carbocycles. The molecule has 22 heavy (non-hydrogen) atoms. The van der Waals surface area contributed by atoms with E-state index in [9.17, 15) is 13.6 Å². The van der Waals surface area contributed by atoms with E-state index >= 15 is 0 Å². The van der Waals surface area contributed by atoms with E-state index in [2.05, 4.69) is 5.10 Å². The van der Waals surface area contributed by atoms with E-state index in [-0.39, 0.29) is 11.8 Å². The second-order valence-corrected chi connectivity index (χ2v) is 5.66.